The van der Waals surface area contributed by atoms with Crippen LogP contribution in [-0.2, 0) is 6.54 Å². The molecule has 0 amide bonds. The lowest BCUT2D eigenvalue weighted by atomic mass is 10.2. The molecule has 0 aromatic heterocycles. The first-order valence-corrected chi connectivity index (χ1v) is 5.42. The van der Waals surface area contributed by atoms with Gasteiger partial charge < -0.3 is 15.4 Å². The predicted molar refractivity (Wildman–Crippen MR) is 70.6 cm³/mol. The van der Waals surface area contributed by atoms with Crippen LogP contribution in [0.5, 0.6) is 5.75 Å². The maximum absolute atomic E-state index is 5.14. The second-order valence-corrected chi connectivity index (χ2v) is 3.61. The highest BCUT2D eigenvalue weighted by atomic mass is 32.1. The predicted octanol–water partition coefficient (Wildman–Crippen LogP) is 1.85. The van der Waals surface area contributed by atoms with Gasteiger partial charge in [-0.3, -0.25) is 0 Å². The summed E-state index contributed by atoms with van der Waals surface area (Å²) in [6, 6.07) is 7.86. The molecule has 0 saturated carbocycles. The summed E-state index contributed by atoms with van der Waals surface area (Å²) in [5, 5.41) is 6.73. The molecule has 1 aromatic carbocycles. The van der Waals surface area contributed by atoms with Crippen LogP contribution in [0.3, 0.4) is 0 Å². The van der Waals surface area contributed by atoms with E-state index in [-0.39, 0.29) is 0 Å². The first-order chi connectivity index (χ1) is 7.76. The molecular weight excluding hydrogens is 220 g/mol. The van der Waals surface area contributed by atoms with Crippen LogP contribution in [0, 0.1) is 0 Å². The molecule has 0 aliphatic carbocycles. The normalized spacial score (nSPS) is 9.31. The lowest BCUT2D eigenvalue weighted by molar-refractivity contribution is 0.414. The number of hydrogen-bond donors (Lipinski definition) is 2. The number of rotatable bonds is 5. The molecule has 0 heterocycles. The molecule has 1 aromatic rings. The zero-order valence-corrected chi connectivity index (χ0v) is 10.1. The van der Waals surface area contributed by atoms with Crippen molar-refractivity contribution < 1.29 is 4.74 Å². The second-order valence-electron chi connectivity index (χ2n) is 3.20. The summed E-state index contributed by atoms with van der Waals surface area (Å²) < 4.78 is 5.14. The zero-order chi connectivity index (χ0) is 11.8. The summed E-state index contributed by atoms with van der Waals surface area (Å²) >= 11 is 5.08. The van der Waals surface area contributed by atoms with Crippen molar-refractivity contribution in [3.63, 3.8) is 0 Å². The largest absolute Gasteiger partial charge is 0.497 e. The summed E-state index contributed by atoms with van der Waals surface area (Å²) in [5.41, 5.74) is 1.13. The van der Waals surface area contributed by atoms with Gasteiger partial charge in [-0.2, -0.15) is 0 Å². The Kier molecular flexibility index (Phi) is 5.36. The van der Waals surface area contributed by atoms with Crippen molar-refractivity contribution >= 4 is 17.3 Å². The molecule has 0 saturated heterocycles. The van der Waals surface area contributed by atoms with Gasteiger partial charge in [0, 0.05) is 13.1 Å². The highest BCUT2D eigenvalue weighted by molar-refractivity contribution is 7.80. The van der Waals surface area contributed by atoms with Crippen LogP contribution >= 0.6 is 12.2 Å². The number of methoxy groups -OCH3 is 1. The molecule has 86 valence electrons. The smallest absolute Gasteiger partial charge is 0.166 e. The Morgan fingerprint density at radius 2 is 2.31 bits per heavy atom. The molecule has 0 spiro atoms. The van der Waals surface area contributed by atoms with E-state index in [9.17, 15) is 0 Å². The third kappa shape index (κ3) is 4.31. The van der Waals surface area contributed by atoms with Crippen molar-refractivity contribution in [1.29, 1.82) is 0 Å². The Hall–Kier alpha value is -1.55. The zero-order valence-electron chi connectivity index (χ0n) is 9.32. The van der Waals surface area contributed by atoms with Gasteiger partial charge in [0.15, 0.2) is 5.11 Å². The second kappa shape index (κ2) is 6.85. The monoisotopic (exact) mass is 236 g/mol. The summed E-state index contributed by atoms with van der Waals surface area (Å²) in [6.45, 7) is 4.96. The van der Waals surface area contributed by atoms with Gasteiger partial charge in [-0.25, -0.2) is 0 Å². The van der Waals surface area contributed by atoms with E-state index in [0.29, 0.717) is 18.2 Å². The molecule has 2 N–H and O–H groups in total. The van der Waals surface area contributed by atoms with Crippen LogP contribution in [0.25, 0.3) is 0 Å². The molecule has 0 radical (unpaired) electrons. The third-order valence-corrected chi connectivity index (χ3v) is 2.28. The first kappa shape index (κ1) is 12.5. The summed E-state index contributed by atoms with van der Waals surface area (Å²) in [7, 11) is 1.66. The van der Waals surface area contributed by atoms with Crippen LogP contribution in [0.1, 0.15) is 5.56 Å². The molecule has 0 aliphatic rings. The van der Waals surface area contributed by atoms with E-state index in [1.54, 1.807) is 13.2 Å². The third-order valence-electron chi connectivity index (χ3n) is 1.99. The van der Waals surface area contributed by atoms with Crippen molar-refractivity contribution in [2.24, 2.45) is 0 Å². The highest BCUT2D eigenvalue weighted by Crippen LogP contribution is 2.11. The number of benzene rings is 1. The minimum atomic E-state index is 0.628. The van der Waals surface area contributed by atoms with Gasteiger partial charge in [0.2, 0.25) is 0 Å². The van der Waals surface area contributed by atoms with Gasteiger partial charge in [0.05, 0.1) is 7.11 Å². The van der Waals surface area contributed by atoms with Crippen molar-refractivity contribution in [2.45, 2.75) is 6.54 Å². The van der Waals surface area contributed by atoms with Gasteiger partial charge in [-0.15, -0.1) is 6.58 Å². The van der Waals surface area contributed by atoms with E-state index < -0.39 is 0 Å². The molecule has 0 unspecified atom stereocenters. The Morgan fingerprint density at radius 3 is 3.00 bits per heavy atom. The minimum Gasteiger partial charge on any atom is -0.497 e. The Bertz CT molecular complexity index is 366. The van der Waals surface area contributed by atoms with Crippen molar-refractivity contribution in [1.82, 2.24) is 10.6 Å². The fourth-order valence-electron chi connectivity index (χ4n) is 1.19. The fraction of sp³-hybridized carbons (Fsp3) is 0.250. The number of thiocarbonyl (C=S) groups is 1. The molecule has 1 rings (SSSR count). The maximum Gasteiger partial charge on any atom is 0.166 e. The van der Waals surface area contributed by atoms with Crippen molar-refractivity contribution in [2.75, 3.05) is 13.7 Å². The topological polar surface area (TPSA) is 33.3 Å². The number of ether oxygens (including phenoxy) is 1. The Balaban J connectivity index is 2.41. The molecule has 0 bridgehead atoms. The Labute approximate surface area is 102 Å². The van der Waals surface area contributed by atoms with Crippen molar-refractivity contribution in [3.8, 4) is 5.75 Å². The number of hydrogen-bond acceptors (Lipinski definition) is 2. The molecule has 4 heteroatoms. The Morgan fingerprint density at radius 1 is 1.50 bits per heavy atom. The van der Waals surface area contributed by atoms with E-state index in [2.05, 4.69) is 17.2 Å². The van der Waals surface area contributed by atoms with E-state index >= 15 is 0 Å². The highest BCUT2D eigenvalue weighted by Gasteiger charge is 1.97. The van der Waals surface area contributed by atoms with Gasteiger partial charge in [0.25, 0.3) is 0 Å². The van der Waals surface area contributed by atoms with E-state index in [4.69, 9.17) is 17.0 Å². The van der Waals surface area contributed by atoms with Crippen LogP contribution in [0.2, 0.25) is 0 Å². The quantitative estimate of drug-likeness (QED) is 0.604. The van der Waals surface area contributed by atoms with Crippen LogP contribution in [0.15, 0.2) is 36.9 Å². The summed E-state index contributed by atoms with van der Waals surface area (Å²) in [4.78, 5) is 0. The van der Waals surface area contributed by atoms with Gasteiger partial charge in [0.1, 0.15) is 5.75 Å². The van der Waals surface area contributed by atoms with Crippen LogP contribution in [-0.4, -0.2) is 18.8 Å². The average Bonchev–Trinajstić information content (AvgIpc) is 2.34. The number of nitrogens with one attached hydrogen (secondary N) is 2. The molecule has 3 nitrogen and oxygen atoms in total. The van der Waals surface area contributed by atoms with Crippen LogP contribution < -0.4 is 15.4 Å². The molecule has 0 atom stereocenters. The van der Waals surface area contributed by atoms with Gasteiger partial charge in [-0.1, -0.05) is 18.2 Å². The molecule has 0 fully saturated rings. The summed E-state index contributed by atoms with van der Waals surface area (Å²) in [6.07, 6.45) is 1.76. The lowest BCUT2D eigenvalue weighted by Gasteiger charge is -2.09. The summed E-state index contributed by atoms with van der Waals surface area (Å²) in [5.74, 6) is 0.851. The van der Waals surface area contributed by atoms with E-state index in [1.807, 2.05) is 24.3 Å². The van der Waals surface area contributed by atoms with Crippen LogP contribution in [0.4, 0.5) is 0 Å². The molecule has 0 aliphatic heterocycles. The molecular formula is C12H16N2OS. The maximum atomic E-state index is 5.14. The standard InChI is InChI=1S/C12H16N2OS/c1-3-7-13-12(16)14-9-10-5-4-6-11(8-10)15-2/h3-6,8H,1,7,9H2,2H3,(H2,13,14,16). The van der Waals surface area contributed by atoms with E-state index in [0.717, 1.165) is 11.3 Å². The first-order valence-electron chi connectivity index (χ1n) is 5.02. The fourth-order valence-corrected chi connectivity index (χ4v) is 1.35. The molecule has 16 heavy (non-hydrogen) atoms. The minimum absolute atomic E-state index is 0.628. The van der Waals surface area contributed by atoms with Gasteiger partial charge >= 0.3 is 0 Å². The van der Waals surface area contributed by atoms with Crippen molar-refractivity contribution in [3.05, 3.63) is 42.5 Å². The van der Waals surface area contributed by atoms with Gasteiger partial charge in [-0.05, 0) is 29.9 Å². The van der Waals surface area contributed by atoms with E-state index in [1.165, 1.54) is 0 Å². The lowest BCUT2D eigenvalue weighted by Crippen LogP contribution is -2.34. The average molecular weight is 236 g/mol. The SMILES string of the molecule is C=CCNC(=S)NCc1cccc(OC)c1.